The number of ether oxygens (including phenoxy) is 2. The standard InChI is InChI=1S/C17H16N2O3/c1-12-8-9-14(15(10-12)20-2)21-11-16-18-19-17(22-16)13-6-4-3-5-7-13/h3-10H,11H2,1-2H3. The molecular weight excluding hydrogens is 280 g/mol. The second-order valence-electron chi connectivity index (χ2n) is 4.81. The minimum atomic E-state index is 0.194. The van der Waals surface area contributed by atoms with Crippen LogP contribution in [0.25, 0.3) is 11.5 Å². The third-order valence-corrected chi connectivity index (χ3v) is 3.16. The van der Waals surface area contributed by atoms with Gasteiger partial charge in [-0.15, -0.1) is 10.2 Å². The van der Waals surface area contributed by atoms with Gasteiger partial charge in [0.1, 0.15) is 0 Å². The Bertz CT molecular complexity index is 754. The molecule has 1 aromatic heterocycles. The number of hydrogen-bond acceptors (Lipinski definition) is 5. The number of benzene rings is 2. The predicted molar refractivity (Wildman–Crippen MR) is 81.8 cm³/mol. The summed E-state index contributed by atoms with van der Waals surface area (Å²) in [5.41, 5.74) is 1.99. The van der Waals surface area contributed by atoms with Gasteiger partial charge in [-0.1, -0.05) is 24.3 Å². The summed E-state index contributed by atoms with van der Waals surface area (Å²) in [6, 6.07) is 15.4. The molecule has 112 valence electrons. The first-order valence-electron chi connectivity index (χ1n) is 6.91. The van der Waals surface area contributed by atoms with Crippen molar-refractivity contribution < 1.29 is 13.9 Å². The summed E-state index contributed by atoms with van der Waals surface area (Å²) in [7, 11) is 1.61. The van der Waals surface area contributed by atoms with E-state index in [-0.39, 0.29) is 6.61 Å². The van der Waals surface area contributed by atoms with E-state index >= 15 is 0 Å². The van der Waals surface area contributed by atoms with Crippen molar-refractivity contribution in [3.8, 4) is 23.0 Å². The fourth-order valence-corrected chi connectivity index (χ4v) is 2.04. The van der Waals surface area contributed by atoms with Crippen molar-refractivity contribution in [3.05, 3.63) is 60.0 Å². The van der Waals surface area contributed by atoms with Crippen LogP contribution in [0.2, 0.25) is 0 Å². The first kappa shape index (κ1) is 14.1. The van der Waals surface area contributed by atoms with Crippen LogP contribution in [-0.2, 0) is 6.61 Å². The smallest absolute Gasteiger partial charge is 0.254 e. The summed E-state index contributed by atoms with van der Waals surface area (Å²) in [5.74, 6) is 2.23. The highest BCUT2D eigenvalue weighted by Gasteiger charge is 2.10. The lowest BCUT2D eigenvalue weighted by molar-refractivity contribution is 0.251. The van der Waals surface area contributed by atoms with Gasteiger partial charge >= 0.3 is 0 Å². The summed E-state index contributed by atoms with van der Waals surface area (Å²) in [4.78, 5) is 0. The molecule has 1 heterocycles. The number of hydrogen-bond donors (Lipinski definition) is 0. The van der Waals surface area contributed by atoms with Crippen molar-refractivity contribution in [1.82, 2.24) is 10.2 Å². The summed E-state index contributed by atoms with van der Waals surface area (Å²) in [6.45, 7) is 2.19. The normalized spacial score (nSPS) is 10.5. The van der Waals surface area contributed by atoms with E-state index in [1.54, 1.807) is 7.11 Å². The predicted octanol–water partition coefficient (Wildman–Crippen LogP) is 3.63. The molecule has 5 nitrogen and oxygen atoms in total. The maximum Gasteiger partial charge on any atom is 0.254 e. The summed E-state index contributed by atoms with van der Waals surface area (Å²) >= 11 is 0. The molecule has 22 heavy (non-hydrogen) atoms. The van der Waals surface area contributed by atoms with Gasteiger partial charge in [0.15, 0.2) is 18.1 Å². The molecule has 0 aliphatic carbocycles. The Balaban J connectivity index is 1.71. The number of methoxy groups -OCH3 is 1. The van der Waals surface area contributed by atoms with E-state index < -0.39 is 0 Å². The average Bonchev–Trinajstić information content (AvgIpc) is 3.03. The fraction of sp³-hybridized carbons (Fsp3) is 0.176. The Morgan fingerprint density at radius 2 is 1.82 bits per heavy atom. The summed E-state index contributed by atoms with van der Waals surface area (Å²) < 4.78 is 16.6. The van der Waals surface area contributed by atoms with E-state index in [9.17, 15) is 0 Å². The molecule has 0 radical (unpaired) electrons. The molecule has 5 heteroatoms. The van der Waals surface area contributed by atoms with Crippen LogP contribution in [0, 0.1) is 6.92 Å². The van der Waals surface area contributed by atoms with Crippen molar-refractivity contribution in [3.63, 3.8) is 0 Å². The third-order valence-electron chi connectivity index (χ3n) is 3.16. The van der Waals surface area contributed by atoms with E-state index in [0.717, 1.165) is 11.1 Å². The zero-order valence-corrected chi connectivity index (χ0v) is 12.4. The van der Waals surface area contributed by atoms with Crippen LogP contribution in [0.15, 0.2) is 52.9 Å². The zero-order valence-electron chi connectivity index (χ0n) is 12.4. The van der Waals surface area contributed by atoms with E-state index in [2.05, 4.69) is 10.2 Å². The highest BCUT2D eigenvalue weighted by molar-refractivity contribution is 5.51. The molecular formula is C17H16N2O3. The van der Waals surface area contributed by atoms with E-state index in [1.807, 2.05) is 55.5 Å². The lowest BCUT2D eigenvalue weighted by atomic mass is 10.2. The maximum absolute atomic E-state index is 5.70. The Morgan fingerprint density at radius 1 is 1.00 bits per heavy atom. The van der Waals surface area contributed by atoms with E-state index in [4.69, 9.17) is 13.9 Å². The van der Waals surface area contributed by atoms with Crippen molar-refractivity contribution in [2.24, 2.45) is 0 Å². The van der Waals surface area contributed by atoms with Crippen LogP contribution in [0.3, 0.4) is 0 Å². The van der Waals surface area contributed by atoms with Crippen molar-refractivity contribution >= 4 is 0 Å². The first-order valence-corrected chi connectivity index (χ1v) is 6.91. The number of aryl methyl sites for hydroxylation is 1. The number of aromatic nitrogens is 2. The largest absolute Gasteiger partial charge is 0.493 e. The highest BCUT2D eigenvalue weighted by atomic mass is 16.5. The minimum Gasteiger partial charge on any atom is -0.493 e. The molecule has 0 unspecified atom stereocenters. The van der Waals surface area contributed by atoms with E-state index in [0.29, 0.717) is 23.3 Å². The monoisotopic (exact) mass is 296 g/mol. The number of rotatable bonds is 5. The Labute approximate surface area is 128 Å². The van der Waals surface area contributed by atoms with Gasteiger partial charge in [-0.3, -0.25) is 0 Å². The van der Waals surface area contributed by atoms with Crippen molar-refractivity contribution in [1.29, 1.82) is 0 Å². The van der Waals surface area contributed by atoms with Crippen LogP contribution in [0.1, 0.15) is 11.5 Å². The fourth-order valence-electron chi connectivity index (χ4n) is 2.04. The minimum absolute atomic E-state index is 0.194. The Morgan fingerprint density at radius 3 is 2.59 bits per heavy atom. The molecule has 0 aliphatic rings. The van der Waals surface area contributed by atoms with Gasteiger partial charge in [0.25, 0.3) is 5.89 Å². The first-order chi connectivity index (χ1) is 10.8. The highest BCUT2D eigenvalue weighted by Crippen LogP contribution is 2.28. The molecule has 0 aliphatic heterocycles. The van der Waals surface area contributed by atoms with Gasteiger partial charge in [-0.05, 0) is 36.8 Å². The Hall–Kier alpha value is -2.82. The van der Waals surface area contributed by atoms with E-state index in [1.165, 1.54) is 0 Å². The molecule has 0 N–H and O–H groups in total. The van der Waals surface area contributed by atoms with Crippen LogP contribution >= 0.6 is 0 Å². The quantitative estimate of drug-likeness (QED) is 0.719. The zero-order chi connectivity index (χ0) is 15.4. The van der Waals surface area contributed by atoms with Gasteiger partial charge < -0.3 is 13.9 Å². The third kappa shape index (κ3) is 3.09. The molecule has 0 saturated heterocycles. The molecule has 0 spiro atoms. The molecule has 0 fully saturated rings. The maximum atomic E-state index is 5.70. The molecule has 0 bridgehead atoms. The van der Waals surface area contributed by atoms with Crippen molar-refractivity contribution in [2.45, 2.75) is 13.5 Å². The molecule has 3 aromatic rings. The second kappa shape index (κ2) is 6.30. The van der Waals surface area contributed by atoms with Gasteiger partial charge in [0, 0.05) is 5.56 Å². The summed E-state index contributed by atoms with van der Waals surface area (Å²) in [5, 5.41) is 8.03. The second-order valence-corrected chi connectivity index (χ2v) is 4.81. The van der Waals surface area contributed by atoms with Crippen LogP contribution in [0.5, 0.6) is 11.5 Å². The lowest BCUT2D eigenvalue weighted by Gasteiger charge is -2.09. The molecule has 3 rings (SSSR count). The lowest BCUT2D eigenvalue weighted by Crippen LogP contribution is -1.98. The molecule has 0 amide bonds. The van der Waals surface area contributed by atoms with Crippen LogP contribution in [-0.4, -0.2) is 17.3 Å². The Kier molecular flexibility index (Phi) is 4.05. The van der Waals surface area contributed by atoms with Crippen LogP contribution < -0.4 is 9.47 Å². The van der Waals surface area contributed by atoms with Gasteiger partial charge in [-0.2, -0.15) is 0 Å². The van der Waals surface area contributed by atoms with Crippen LogP contribution in [0.4, 0.5) is 0 Å². The van der Waals surface area contributed by atoms with Gasteiger partial charge in [0.2, 0.25) is 5.89 Å². The molecule has 2 aromatic carbocycles. The van der Waals surface area contributed by atoms with Crippen molar-refractivity contribution in [2.75, 3.05) is 7.11 Å². The van der Waals surface area contributed by atoms with Gasteiger partial charge in [-0.25, -0.2) is 0 Å². The average molecular weight is 296 g/mol. The van der Waals surface area contributed by atoms with Gasteiger partial charge in [0.05, 0.1) is 7.11 Å². The SMILES string of the molecule is COc1cc(C)ccc1OCc1nnc(-c2ccccc2)o1. The number of nitrogens with zero attached hydrogens (tertiary/aromatic N) is 2. The molecule has 0 saturated carbocycles. The summed E-state index contributed by atoms with van der Waals surface area (Å²) in [6.07, 6.45) is 0. The molecule has 0 atom stereocenters. The topological polar surface area (TPSA) is 57.4 Å².